The molecule has 0 spiro atoms. The van der Waals surface area contributed by atoms with E-state index in [4.69, 9.17) is 27.9 Å². The average Bonchev–Trinajstić information content (AvgIpc) is 2.05. The van der Waals surface area contributed by atoms with Gasteiger partial charge in [0, 0.05) is 11.8 Å². The summed E-state index contributed by atoms with van der Waals surface area (Å²) in [4.78, 5) is 10.9. The lowest BCUT2D eigenvalue weighted by Crippen LogP contribution is -2.34. The van der Waals surface area contributed by atoms with Crippen molar-refractivity contribution in [2.24, 2.45) is 0 Å². The maximum Gasteiger partial charge on any atom is 0.279 e. The molecule has 1 aliphatic heterocycles. The molecule has 0 saturated carbocycles. The summed E-state index contributed by atoms with van der Waals surface area (Å²) in [5, 5.41) is -1.74. The number of amides is 1. The van der Waals surface area contributed by atoms with E-state index in [2.05, 4.69) is 5.43 Å². The van der Waals surface area contributed by atoms with E-state index in [9.17, 15) is 13.2 Å². The Bertz CT molecular complexity index is 303. The molecule has 1 amide bonds. The lowest BCUT2D eigenvalue weighted by Gasteiger charge is -2.03. The first-order chi connectivity index (χ1) is 5.34. The quantitative estimate of drug-likeness (QED) is 0.272. The molecule has 0 radical (unpaired) electrons. The van der Waals surface area contributed by atoms with Crippen LogP contribution < -0.4 is 5.43 Å². The maximum atomic E-state index is 10.9. The first-order valence-corrected chi connectivity index (χ1v) is 4.98. The molecule has 0 aromatic carbocycles. The number of hydrogen-bond acceptors (Lipinski definition) is 4. The molecule has 0 aromatic heterocycles. The molecule has 0 bridgehead atoms. The molecule has 2 N–H and O–H groups in total. The summed E-state index contributed by atoms with van der Waals surface area (Å²) in [7, 11) is -4.50. The number of nitrogens with zero attached hydrogens (tertiary/aromatic N) is 1. The highest BCUT2D eigenvalue weighted by atomic mass is 35.5. The predicted octanol–water partition coefficient (Wildman–Crippen LogP) is -0.692. The molecule has 1 fully saturated rings. The smallest absolute Gasteiger partial charge is 0.279 e. The van der Waals surface area contributed by atoms with E-state index >= 15 is 0 Å². The van der Waals surface area contributed by atoms with Crippen LogP contribution in [0.4, 0.5) is 0 Å². The van der Waals surface area contributed by atoms with Gasteiger partial charge in [-0.3, -0.25) is 9.35 Å². The van der Waals surface area contributed by atoms with Gasteiger partial charge in [-0.1, -0.05) is 0 Å². The number of hydrazine groups is 1. The third-order valence-corrected chi connectivity index (χ3v) is 3.14. The summed E-state index contributed by atoms with van der Waals surface area (Å²) in [6, 6.07) is 0. The van der Waals surface area contributed by atoms with Crippen molar-refractivity contribution in [3.8, 4) is 0 Å². The Balaban J connectivity index is 3.00. The normalized spacial score (nSPS) is 31.2. The number of alkyl halides is 1. The Morgan fingerprint density at radius 3 is 2.25 bits per heavy atom. The van der Waals surface area contributed by atoms with Gasteiger partial charge in [0.1, 0.15) is 5.50 Å². The van der Waals surface area contributed by atoms with E-state index in [1.54, 1.807) is 0 Å². The molecular weight excluding hydrogens is 231 g/mol. The van der Waals surface area contributed by atoms with Crippen molar-refractivity contribution in [2.45, 2.75) is 10.8 Å². The molecule has 6 nitrogen and oxygen atoms in total. The number of carbonyl (C=O) groups is 1. The van der Waals surface area contributed by atoms with Crippen molar-refractivity contribution in [3.63, 3.8) is 0 Å². The van der Waals surface area contributed by atoms with Crippen LogP contribution in [-0.4, -0.2) is 34.2 Å². The molecule has 70 valence electrons. The highest BCUT2D eigenvalue weighted by Crippen LogP contribution is 2.19. The zero-order valence-electron chi connectivity index (χ0n) is 5.44. The largest absolute Gasteiger partial charge is 0.285 e. The Kier molecular flexibility index (Phi) is 2.50. The fourth-order valence-electron chi connectivity index (χ4n) is 0.755. The third kappa shape index (κ3) is 1.64. The van der Waals surface area contributed by atoms with Crippen molar-refractivity contribution in [1.82, 2.24) is 9.95 Å². The first-order valence-electron chi connectivity index (χ1n) is 2.70. The molecule has 1 aliphatic rings. The summed E-state index contributed by atoms with van der Waals surface area (Å²) < 4.78 is 30.0. The summed E-state index contributed by atoms with van der Waals surface area (Å²) in [5.74, 6) is -1.00. The molecular formula is C3H4Cl2N2O4S. The summed E-state index contributed by atoms with van der Waals surface area (Å²) in [5.41, 5.74) is 0.853. The lowest BCUT2D eigenvalue weighted by molar-refractivity contribution is -0.124. The number of rotatable bonds is 1. The van der Waals surface area contributed by atoms with Crippen LogP contribution in [0.3, 0.4) is 0 Å². The maximum absolute atomic E-state index is 10.9. The molecule has 0 aromatic rings. The van der Waals surface area contributed by atoms with Crippen molar-refractivity contribution in [2.75, 3.05) is 0 Å². The first kappa shape index (κ1) is 10.0. The van der Waals surface area contributed by atoms with Crippen LogP contribution in [0.25, 0.3) is 0 Å². The Hall–Kier alpha value is -0.0800. The number of carbonyl (C=O) groups excluding carboxylic acids is 1. The van der Waals surface area contributed by atoms with E-state index in [0.29, 0.717) is 4.53 Å². The fraction of sp³-hybridized carbons (Fsp3) is 0.667. The predicted molar refractivity (Wildman–Crippen MR) is 40.8 cm³/mol. The van der Waals surface area contributed by atoms with Crippen molar-refractivity contribution < 1.29 is 17.8 Å². The SMILES string of the molecule is O=C1C(S(=O)(=O)O)C(Cl)NN1Cl. The van der Waals surface area contributed by atoms with Crippen LogP contribution in [0.1, 0.15) is 0 Å². The number of hydrogen-bond donors (Lipinski definition) is 2. The van der Waals surface area contributed by atoms with Crippen LogP contribution >= 0.6 is 23.4 Å². The third-order valence-electron chi connectivity index (χ3n) is 1.26. The van der Waals surface area contributed by atoms with Gasteiger partial charge in [-0.05, 0) is 0 Å². The van der Waals surface area contributed by atoms with Gasteiger partial charge >= 0.3 is 0 Å². The van der Waals surface area contributed by atoms with Crippen LogP contribution in [0.5, 0.6) is 0 Å². The van der Waals surface area contributed by atoms with Gasteiger partial charge in [0.15, 0.2) is 5.25 Å². The van der Waals surface area contributed by atoms with E-state index in [0.717, 1.165) is 0 Å². The summed E-state index contributed by atoms with van der Waals surface area (Å²) >= 11 is 10.5. The standard InChI is InChI=1S/C3H4Cl2N2O4S/c4-2-1(12(9,10)11)3(8)7(5)6-2/h1-2,6H,(H,9,10,11). The second kappa shape index (κ2) is 3.00. The molecule has 1 saturated heterocycles. The van der Waals surface area contributed by atoms with Gasteiger partial charge in [-0.2, -0.15) is 18.4 Å². The zero-order chi connectivity index (χ0) is 9.52. The van der Waals surface area contributed by atoms with E-state index in [-0.39, 0.29) is 0 Å². The average molecular weight is 235 g/mol. The van der Waals surface area contributed by atoms with E-state index in [1.807, 2.05) is 0 Å². The highest BCUT2D eigenvalue weighted by Gasteiger charge is 2.47. The molecule has 2 unspecified atom stereocenters. The van der Waals surface area contributed by atoms with Crippen LogP contribution in [0, 0.1) is 0 Å². The summed E-state index contributed by atoms with van der Waals surface area (Å²) in [6.07, 6.45) is 0. The molecule has 1 rings (SSSR count). The molecule has 1 heterocycles. The van der Waals surface area contributed by atoms with Gasteiger partial charge in [-0.15, -0.1) is 11.6 Å². The van der Waals surface area contributed by atoms with Gasteiger partial charge in [0.25, 0.3) is 16.0 Å². The minimum Gasteiger partial charge on any atom is -0.285 e. The van der Waals surface area contributed by atoms with Crippen LogP contribution in [0.15, 0.2) is 0 Å². The molecule has 12 heavy (non-hydrogen) atoms. The number of nitrogens with one attached hydrogen (secondary N) is 1. The van der Waals surface area contributed by atoms with Gasteiger partial charge in [0.05, 0.1) is 0 Å². The van der Waals surface area contributed by atoms with E-state index in [1.165, 1.54) is 0 Å². The van der Waals surface area contributed by atoms with Crippen molar-refractivity contribution in [3.05, 3.63) is 0 Å². The summed E-state index contributed by atoms with van der Waals surface area (Å²) in [6.45, 7) is 0. The second-order valence-electron chi connectivity index (χ2n) is 2.09. The Morgan fingerprint density at radius 2 is 2.08 bits per heavy atom. The zero-order valence-corrected chi connectivity index (χ0v) is 7.77. The second-order valence-corrected chi connectivity index (χ2v) is 4.43. The fourth-order valence-corrected chi connectivity index (χ4v) is 2.39. The van der Waals surface area contributed by atoms with Gasteiger partial charge in [-0.25, -0.2) is 0 Å². The lowest BCUT2D eigenvalue weighted by atomic mass is 10.4. The Labute approximate surface area is 78.3 Å². The van der Waals surface area contributed by atoms with E-state index < -0.39 is 26.8 Å². The molecule has 9 heteroatoms. The van der Waals surface area contributed by atoms with Crippen molar-refractivity contribution in [1.29, 1.82) is 0 Å². The molecule has 0 aliphatic carbocycles. The van der Waals surface area contributed by atoms with Crippen LogP contribution in [0.2, 0.25) is 0 Å². The molecule has 2 atom stereocenters. The van der Waals surface area contributed by atoms with Gasteiger partial charge < -0.3 is 0 Å². The topological polar surface area (TPSA) is 86.7 Å². The van der Waals surface area contributed by atoms with Crippen molar-refractivity contribution >= 4 is 39.4 Å². The van der Waals surface area contributed by atoms with Crippen LogP contribution in [-0.2, 0) is 14.9 Å². The minimum absolute atomic E-state index is 0.399. The Morgan fingerprint density at radius 1 is 1.58 bits per heavy atom. The van der Waals surface area contributed by atoms with Gasteiger partial charge in [0.2, 0.25) is 0 Å². The number of halogens is 2. The monoisotopic (exact) mass is 234 g/mol. The highest BCUT2D eigenvalue weighted by molar-refractivity contribution is 7.87. The minimum atomic E-state index is -4.50.